The Morgan fingerprint density at radius 3 is 2.50 bits per heavy atom. The summed E-state index contributed by atoms with van der Waals surface area (Å²) in [6.07, 6.45) is 3.26. The molecule has 0 saturated carbocycles. The van der Waals surface area contributed by atoms with E-state index in [-0.39, 0.29) is 5.91 Å². The van der Waals surface area contributed by atoms with Crippen LogP contribution in [0.4, 0.5) is 17.5 Å². The van der Waals surface area contributed by atoms with Crippen molar-refractivity contribution >= 4 is 23.4 Å². The maximum Gasteiger partial charge on any atom is 0.251 e. The summed E-state index contributed by atoms with van der Waals surface area (Å²) in [4.78, 5) is 20.3. The quantitative estimate of drug-likeness (QED) is 0.510. The normalized spacial score (nSPS) is 10.2. The van der Waals surface area contributed by atoms with E-state index < -0.39 is 0 Å². The molecule has 0 aliphatic carbocycles. The molecule has 9 nitrogen and oxygen atoms in total. The molecule has 0 fully saturated rings. The third-order valence-electron chi connectivity index (χ3n) is 3.76. The summed E-state index contributed by atoms with van der Waals surface area (Å²) in [6.45, 7) is 2.93. The number of aromatic nitrogens is 4. The zero-order chi connectivity index (χ0) is 19.8. The van der Waals surface area contributed by atoms with Crippen molar-refractivity contribution in [2.24, 2.45) is 0 Å². The van der Waals surface area contributed by atoms with Crippen molar-refractivity contribution in [3.8, 4) is 5.88 Å². The van der Waals surface area contributed by atoms with E-state index in [1.165, 1.54) is 13.3 Å². The first-order valence-corrected chi connectivity index (χ1v) is 8.69. The molecule has 0 aromatic carbocycles. The predicted octanol–water partition coefficient (Wildman–Crippen LogP) is 2.17. The standard InChI is InChI=1S/C19H21N7O2/c1-13-5-7-20-17(11-13)24-16-4-3-15(25-26-16)21-9-10-23-19(27)14-6-8-22-18(12-14)28-2/h3-8,11-12H,9-10H2,1-2H3,(H,21,25)(H,23,27)(H,20,24,26). The first-order chi connectivity index (χ1) is 13.6. The first kappa shape index (κ1) is 19.0. The highest BCUT2D eigenvalue weighted by Crippen LogP contribution is 2.13. The maximum absolute atomic E-state index is 12.1. The molecular formula is C19H21N7O2. The third kappa shape index (κ3) is 5.37. The average molecular weight is 379 g/mol. The molecule has 0 saturated heterocycles. The molecular weight excluding hydrogens is 358 g/mol. The molecule has 0 aliphatic rings. The molecule has 3 heterocycles. The number of ether oxygens (including phenoxy) is 1. The second kappa shape index (κ2) is 9.26. The highest BCUT2D eigenvalue weighted by molar-refractivity contribution is 5.94. The number of pyridine rings is 2. The Kier molecular flexibility index (Phi) is 6.29. The first-order valence-electron chi connectivity index (χ1n) is 8.69. The van der Waals surface area contributed by atoms with Crippen molar-refractivity contribution in [1.82, 2.24) is 25.5 Å². The van der Waals surface area contributed by atoms with E-state index >= 15 is 0 Å². The maximum atomic E-state index is 12.1. The Labute approximate surface area is 162 Å². The van der Waals surface area contributed by atoms with Crippen LogP contribution in [0, 0.1) is 6.92 Å². The minimum Gasteiger partial charge on any atom is -0.481 e. The number of rotatable bonds is 8. The molecule has 144 valence electrons. The van der Waals surface area contributed by atoms with Gasteiger partial charge in [-0.1, -0.05) is 0 Å². The zero-order valence-electron chi connectivity index (χ0n) is 15.6. The van der Waals surface area contributed by atoms with Crippen molar-refractivity contribution in [2.75, 3.05) is 30.8 Å². The van der Waals surface area contributed by atoms with Crippen LogP contribution >= 0.6 is 0 Å². The van der Waals surface area contributed by atoms with Gasteiger partial charge in [-0.25, -0.2) is 9.97 Å². The lowest BCUT2D eigenvalue weighted by Gasteiger charge is -2.09. The van der Waals surface area contributed by atoms with Crippen LogP contribution < -0.4 is 20.7 Å². The van der Waals surface area contributed by atoms with Crippen molar-refractivity contribution in [3.63, 3.8) is 0 Å². The summed E-state index contributed by atoms with van der Waals surface area (Å²) in [5.74, 6) is 2.13. The van der Waals surface area contributed by atoms with E-state index in [4.69, 9.17) is 4.74 Å². The number of hydrogen-bond donors (Lipinski definition) is 3. The number of anilines is 3. The van der Waals surface area contributed by atoms with Crippen molar-refractivity contribution in [3.05, 3.63) is 59.9 Å². The van der Waals surface area contributed by atoms with Gasteiger partial charge in [-0.3, -0.25) is 4.79 Å². The van der Waals surface area contributed by atoms with Crippen LogP contribution in [0.25, 0.3) is 0 Å². The van der Waals surface area contributed by atoms with Gasteiger partial charge in [0.1, 0.15) is 11.6 Å². The number of hydrogen-bond acceptors (Lipinski definition) is 8. The lowest BCUT2D eigenvalue weighted by molar-refractivity contribution is 0.0954. The molecule has 0 unspecified atom stereocenters. The second-order valence-corrected chi connectivity index (χ2v) is 5.92. The lowest BCUT2D eigenvalue weighted by atomic mass is 10.2. The van der Waals surface area contributed by atoms with Gasteiger partial charge < -0.3 is 20.7 Å². The van der Waals surface area contributed by atoms with Crippen LogP contribution in [0.3, 0.4) is 0 Å². The number of nitrogens with one attached hydrogen (secondary N) is 3. The zero-order valence-corrected chi connectivity index (χ0v) is 15.6. The molecule has 0 radical (unpaired) electrons. The fraction of sp³-hybridized carbons (Fsp3) is 0.211. The number of aryl methyl sites for hydroxylation is 1. The largest absolute Gasteiger partial charge is 0.481 e. The Morgan fingerprint density at radius 2 is 1.75 bits per heavy atom. The van der Waals surface area contributed by atoms with Crippen LogP contribution in [0.15, 0.2) is 48.8 Å². The SMILES string of the molecule is COc1cc(C(=O)NCCNc2ccc(Nc3cc(C)ccn3)nn2)ccn1. The predicted molar refractivity (Wildman–Crippen MR) is 106 cm³/mol. The van der Waals surface area contributed by atoms with Gasteiger partial charge in [-0.2, -0.15) is 0 Å². The fourth-order valence-corrected chi connectivity index (χ4v) is 2.36. The smallest absolute Gasteiger partial charge is 0.251 e. The van der Waals surface area contributed by atoms with Gasteiger partial charge in [0.05, 0.1) is 7.11 Å². The Balaban J connectivity index is 1.44. The second-order valence-electron chi connectivity index (χ2n) is 5.92. The summed E-state index contributed by atoms with van der Waals surface area (Å²) in [5.41, 5.74) is 1.60. The molecule has 0 bridgehead atoms. The van der Waals surface area contributed by atoms with E-state index in [1.807, 2.05) is 19.1 Å². The molecule has 3 aromatic rings. The van der Waals surface area contributed by atoms with Crippen LogP contribution in [0.5, 0.6) is 5.88 Å². The van der Waals surface area contributed by atoms with E-state index in [0.29, 0.717) is 42.0 Å². The van der Waals surface area contributed by atoms with Crippen LogP contribution in [0.1, 0.15) is 15.9 Å². The minimum atomic E-state index is -0.196. The molecule has 0 atom stereocenters. The topological polar surface area (TPSA) is 114 Å². The van der Waals surface area contributed by atoms with Gasteiger partial charge in [0.15, 0.2) is 5.82 Å². The molecule has 0 aliphatic heterocycles. The Morgan fingerprint density at radius 1 is 0.964 bits per heavy atom. The summed E-state index contributed by atoms with van der Waals surface area (Å²) in [5, 5.41) is 17.2. The molecule has 3 rings (SSSR count). The van der Waals surface area contributed by atoms with E-state index in [1.54, 1.807) is 30.5 Å². The minimum absolute atomic E-state index is 0.196. The molecule has 3 N–H and O–H groups in total. The molecule has 0 spiro atoms. The summed E-state index contributed by atoms with van der Waals surface area (Å²) < 4.78 is 5.01. The molecule has 3 aromatic heterocycles. The van der Waals surface area contributed by atoms with Gasteiger partial charge in [0.25, 0.3) is 5.91 Å². The lowest BCUT2D eigenvalue weighted by Crippen LogP contribution is -2.29. The van der Waals surface area contributed by atoms with Gasteiger partial charge in [-0.05, 0) is 42.8 Å². The van der Waals surface area contributed by atoms with Crippen LogP contribution in [-0.4, -0.2) is 46.3 Å². The van der Waals surface area contributed by atoms with Crippen molar-refractivity contribution in [1.29, 1.82) is 0 Å². The van der Waals surface area contributed by atoms with Gasteiger partial charge >= 0.3 is 0 Å². The van der Waals surface area contributed by atoms with Gasteiger partial charge in [0, 0.05) is 37.1 Å². The molecule has 9 heteroatoms. The Bertz CT molecular complexity index is 932. The Hall–Kier alpha value is -3.75. The summed E-state index contributed by atoms with van der Waals surface area (Å²) in [7, 11) is 1.51. The fourth-order valence-electron chi connectivity index (χ4n) is 2.36. The van der Waals surface area contributed by atoms with E-state index in [2.05, 4.69) is 36.1 Å². The molecule has 28 heavy (non-hydrogen) atoms. The van der Waals surface area contributed by atoms with Gasteiger partial charge in [-0.15, -0.1) is 10.2 Å². The van der Waals surface area contributed by atoms with Gasteiger partial charge in [0.2, 0.25) is 5.88 Å². The number of methoxy groups -OCH3 is 1. The third-order valence-corrected chi connectivity index (χ3v) is 3.76. The van der Waals surface area contributed by atoms with Crippen molar-refractivity contribution < 1.29 is 9.53 Å². The monoisotopic (exact) mass is 379 g/mol. The van der Waals surface area contributed by atoms with E-state index in [0.717, 1.165) is 5.56 Å². The van der Waals surface area contributed by atoms with Crippen molar-refractivity contribution in [2.45, 2.75) is 6.92 Å². The number of nitrogens with zero attached hydrogens (tertiary/aromatic N) is 4. The number of amides is 1. The highest BCUT2D eigenvalue weighted by atomic mass is 16.5. The number of carbonyl (C=O) groups excluding carboxylic acids is 1. The average Bonchev–Trinajstić information content (AvgIpc) is 2.72. The molecule has 1 amide bonds. The van der Waals surface area contributed by atoms with Crippen LogP contribution in [-0.2, 0) is 0 Å². The number of carbonyl (C=O) groups is 1. The van der Waals surface area contributed by atoms with Crippen LogP contribution in [0.2, 0.25) is 0 Å². The van der Waals surface area contributed by atoms with E-state index in [9.17, 15) is 4.79 Å². The summed E-state index contributed by atoms with van der Waals surface area (Å²) in [6, 6.07) is 10.7. The highest BCUT2D eigenvalue weighted by Gasteiger charge is 2.06. The summed E-state index contributed by atoms with van der Waals surface area (Å²) >= 11 is 0.